The Morgan fingerprint density at radius 1 is 1.12 bits per heavy atom. The Hall–Kier alpha value is -1.74. The van der Waals surface area contributed by atoms with E-state index < -0.39 is 35.0 Å². The maximum atomic E-state index is 12.0. The summed E-state index contributed by atoms with van der Waals surface area (Å²) in [6.07, 6.45) is -1.08. The summed E-state index contributed by atoms with van der Waals surface area (Å²) in [4.78, 5) is 24.0. The molecule has 1 heterocycles. The third kappa shape index (κ3) is 4.70. The molecule has 1 aliphatic heterocycles. The Morgan fingerprint density at radius 3 is 1.81 bits per heavy atom. The quantitative estimate of drug-likeness (QED) is 0.390. The third-order valence-electron chi connectivity index (χ3n) is 4.11. The van der Waals surface area contributed by atoms with E-state index in [2.05, 4.69) is 13.2 Å². The van der Waals surface area contributed by atoms with Crippen LogP contribution < -0.4 is 0 Å². The normalized spacial score (nSPS) is 23.9. The summed E-state index contributed by atoms with van der Waals surface area (Å²) < 4.78 is 21.3. The average Bonchev–Trinajstić information content (AvgIpc) is 2.54. The minimum Gasteiger partial charge on any atom is -0.396 e. The number of carbonyl (C=O) groups excluding carboxylic acids is 2. The number of esters is 2. The lowest BCUT2D eigenvalue weighted by Crippen LogP contribution is -2.60. The van der Waals surface area contributed by atoms with Gasteiger partial charge in [0.05, 0.1) is 19.8 Å². The van der Waals surface area contributed by atoms with E-state index in [0.717, 1.165) is 0 Å². The molecule has 0 radical (unpaired) electrons. The van der Waals surface area contributed by atoms with Crippen LogP contribution in [0.1, 0.15) is 34.6 Å². The van der Waals surface area contributed by atoms with Crippen molar-refractivity contribution < 1.29 is 38.7 Å². The molecule has 0 saturated carbocycles. The van der Waals surface area contributed by atoms with E-state index in [0.29, 0.717) is 0 Å². The van der Waals surface area contributed by atoms with Crippen molar-refractivity contribution in [2.75, 3.05) is 19.8 Å². The summed E-state index contributed by atoms with van der Waals surface area (Å²) >= 11 is 0. The second-order valence-corrected chi connectivity index (χ2v) is 7.57. The van der Waals surface area contributed by atoms with Crippen molar-refractivity contribution in [2.45, 2.75) is 46.9 Å². The van der Waals surface area contributed by atoms with E-state index in [9.17, 15) is 19.8 Å². The largest absolute Gasteiger partial charge is 0.396 e. The lowest BCUT2D eigenvalue weighted by Gasteiger charge is -2.47. The number of hydrogen-bond acceptors (Lipinski definition) is 8. The Labute approximate surface area is 153 Å². The van der Waals surface area contributed by atoms with Crippen molar-refractivity contribution >= 4 is 11.9 Å². The summed E-state index contributed by atoms with van der Waals surface area (Å²) in [5.41, 5.74) is -2.11. The fraction of sp³-hybridized carbons (Fsp3) is 0.667. The number of aliphatic hydroxyl groups is 2. The molecule has 2 N–H and O–H groups in total. The van der Waals surface area contributed by atoms with E-state index >= 15 is 0 Å². The van der Waals surface area contributed by atoms with E-state index in [4.69, 9.17) is 18.9 Å². The van der Waals surface area contributed by atoms with Gasteiger partial charge in [-0.05, 0) is 27.7 Å². The molecule has 0 amide bonds. The predicted octanol–water partition coefficient (Wildman–Crippen LogP) is 1.27. The number of aliphatic hydroxyl groups excluding tert-OH is 1. The Balaban J connectivity index is 3.14. The number of ether oxygens (including phenoxy) is 4. The van der Waals surface area contributed by atoms with Gasteiger partial charge < -0.3 is 29.2 Å². The van der Waals surface area contributed by atoms with Gasteiger partial charge in [-0.25, -0.2) is 9.59 Å². The van der Waals surface area contributed by atoms with E-state index in [1.807, 2.05) is 0 Å². The van der Waals surface area contributed by atoms with Crippen LogP contribution in [0.25, 0.3) is 0 Å². The Morgan fingerprint density at radius 2 is 1.50 bits per heavy atom. The van der Waals surface area contributed by atoms with Crippen LogP contribution in [0, 0.1) is 10.8 Å². The first-order valence-electron chi connectivity index (χ1n) is 8.12. The highest BCUT2D eigenvalue weighted by atomic mass is 16.8. The number of carbonyl (C=O) groups is 2. The first-order chi connectivity index (χ1) is 11.8. The second-order valence-electron chi connectivity index (χ2n) is 7.57. The summed E-state index contributed by atoms with van der Waals surface area (Å²) in [6.45, 7) is 14.5. The molecular weight excluding hydrogens is 344 g/mol. The smallest absolute Gasteiger partial charge is 0.384 e. The van der Waals surface area contributed by atoms with Crippen molar-refractivity contribution in [3.05, 3.63) is 24.3 Å². The van der Waals surface area contributed by atoms with Crippen molar-refractivity contribution in [1.82, 2.24) is 0 Å². The highest BCUT2D eigenvalue weighted by molar-refractivity contribution is 5.89. The van der Waals surface area contributed by atoms with Gasteiger partial charge in [0.25, 0.3) is 0 Å². The van der Waals surface area contributed by atoms with Crippen molar-refractivity contribution in [3.63, 3.8) is 0 Å². The maximum absolute atomic E-state index is 12.0. The molecule has 0 atom stereocenters. The molecule has 0 aliphatic carbocycles. The van der Waals surface area contributed by atoms with Crippen LogP contribution in [0.15, 0.2) is 24.3 Å². The molecule has 1 saturated heterocycles. The molecule has 8 heteroatoms. The first kappa shape index (κ1) is 22.3. The fourth-order valence-electron chi connectivity index (χ4n) is 2.01. The molecule has 1 fully saturated rings. The highest BCUT2D eigenvalue weighted by Crippen LogP contribution is 2.42. The van der Waals surface area contributed by atoms with Gasteiger partial charge in [0.15, 0.2) is 6.29 Å². The fourth-order valence-corrected chi connectivity index (χ4v) is 2.01. The first-order valence-corrected chi connectivity index (χ1v) is 8.12. The Bertz CT molecular complexity index is 556. The molecule has 0 aromatic carbocycles. The molecule has 26 heavy (non-hydrogen) atoms. The molecule has 0 aromatic heterocycles. The minimum atomic E-state index is -2.70. The van der Waals surface area contributed by atoms with Crippen LogP contribution in [0.4, 0.5) is 0 Å². The van der Waals surface area contributed by atoms with Gasteiger partial charge in [-0.15, -0.1) is 0 Å². The monoisotopic (exact) mass is 372 g/mol. The molecule has 1 aliphatic rings. The summed E-state index contributed by atoms with van der Waals surface area (Å²) in [5.74, 6) is -4.60. The van der Waals surface area contributed by atoms with Gasteiger partial charge in [-0.1, -0.05) is 20.1 Å². The molecule has 8 nitrogen and oxygen atoms in total. The van der Waals surface area contributed by atoms with Crippen LogP contribution in [0.2, 0.25) is 0 Å². The van der Waals surface area contributed by atoms with E-state index in [-0.39, 0.29) is 31.0 Å². The molecule has 0 unspecified atom stereocenters. The lowest BCUT2D eigenvalue weighted by atomic mass is 9.86. The summed E-state index contributed by atoms with van der Waals surface area (Å²) in [7, 11) is 0. The standard InChI is InChI=1S/C18H28O8/c1-11(2)13(20)25-18(22,26-14(21)12(3)4)16(5,6)15-23-9-17(7,8-19)10-24-15/h15,19,22H,1,3,8-10H2,2,4-7H3. The topological polar surface area (TPSA) is 112 Å². The summed E-state index contributed by atoms with van der Waals surface area (Å²) in [5, 5.41) is 20.3. The van der Waals surface area contributed by atoms with E-state index in [1.54, 1.807) is 6.92 Å². The zero-order chi connectivity index (χ0) is 20.3. The van der Waals surface area contributed by atoms with Gasteiger partial charge in [0.1, 0.15) is 5.41 Å². The SMILES string of the molecule is C=C(C)C(=O)OC(O)(OC(=O)C(=C)C)C(C)(C)C1OCC(C)(CO)CO1. The zero-order valence-electron chi connectivity index (χ0n) is 16.0. The lowest BCUT2D eigenvalue weighted by molar-refractivity contribution is -0.414. The predicted molar refractivity (Wildman–Crippen MR) is 91.4 cm³/mol. The number of hydrogen-bond donors (Lipinski definition) is 2. The van der Waals surface area contributed by atoms with Crippen LogP contribution in [-0.4, -0.2) is 54.2 Å². The maximum Gasteiger partial charge on any atom is 0.384 e. The van der Waals surface area contributed by atoms with Gasteiger partial charge in [0, 0.05) is 16.6 Å². The van der Waals surface area contributed by atoms with Crippen LogP contribution >= 0.6 is 0 Å². The molecule has 0 aromatic rings. The highest BCUT2D eigenvalue weighted by Gasteiger charge is 2.59. The van der Waals surface area contributed by atoms with Crippen LogP contribution in [-0.2, 0) is 28.5 Å². The summed E-state index contributed by atoms with van der Waals surface area (Å²) in [6, 6.07) is 0. The van der Waals surface area contributed by atoms with Crippen LogP contribution in [0.3, 0.4) is 0 Å². The molecule has 0 bridgehead atoms. The number of rotatable bonds is 7. The Kier molecular flexibility index (Phi) is 6.75. The van der Waals surface area contributed by atoms with Gasteiger partial charge in [-0.3, -0.25) is 0 Å². The van der Waals surface area contributed by atoms with Gasteiger partial charge in [0.2, 0.25) is 0 Å². The van der Waals surface area contributed by atoms with Crippen LogP contribution in [0.5, 0.6) is 0 Å². The molecule has 1 rings (SSSR count). The third-order valence-corrected chi connectivity index (χ3v) is 4.11. The zero-order valence-corrected chi connectivity index (χ0v) is 16.0. The van der Waals surface area contributed by atoms with Gasteiger partial charge in [-0.2, -0.15) is 0 Å². The van der Waals surface area contributed by atoms with Gasteiger partial charge >= 0.3 is 17.9 Å². The minimum absolute atomic E-state index is 0.00364. The van der Waals surface area contributed by atoms with E-state index in [1.165, 1.54) is 27.7 Å². The second kappa shape index (κ2) is 7.87. The van der Waals surface area contributed by atoms with Crippen molar-refractivity contribution in [3.8, 4) is 0 Å². The average molecular weight is 372 g/mol. The molecule has 148 valence electrons. The molecule has 0 spiro atoms. The van der Waals surface area contributed by atoms with Crippen molar-refractivity contribution in [2.24, 2.45) is 10.8 Å². The molecular formula is C18H28O8. The van der Waals surface area contributed by atoms with Crippen molar-refractivity contribution in [1.29, 1.82) is 0 Å².